The third-order valence-corrected chi connectivity index (χ3v) is 4.55. The Morgan fingerprint density at radius 2 is 1.97 bits per heavy atom. The molecule has 1 saturated heterocycles. The second-order valence-electron chi connectivity index (χ2n) is 6.86. The Labute approximate surface area is 172 Å². The first-order valence-corrected chi connectivity index (χ1v) is 9.35. The van der Waals surface area contributed by atoms with E-state index >= 15 is 0 Å². The third-order valence-electron chi connectivity index (χ3n) is 3.65. The van der Waals surface area contributed by atoms with E-state index < -0.39 is 17.3 Å². The van der Waals surface area contributed by atoms with Crippen LogP contribution in [0, 0.1) is 5.41 Å². The fourth-order valence-corrected chi connectivity index (χ4v) is 2.79. The molecule has 9 nitrogen and oxygen atoms in total. The molecule has 10 heteroatoms. The zero-order valence-electron chi connectivity index (χ0n) is 16.7. The number of amidine groups is 1. The Kier molecular flexibility index (Phi) is 7.16. The van der Waals surface area contributed by atoms with E-state index in [0.717, 1.165) is 17.8 Å². The maximum Gasteiger partial charge on any atom is 0.331 e. The predicted molar refractivity (Wildman–Crippen MR) is 112 cm³/mol. The highest BCUT2D eigenvalue weighted by molar-refractivity contribution is 8.18. The average Bonchev–Trinajstić information content (AvgIpc) is 3.00. The Balaban J connectivity index is 2.25. The summed E-state index contributed by atoms with van der Waals surface area (Å²) in [7, 11) is 2.73. The van der Waals surface area contributed by atoms with Gasteiger partial charge in [-0.3, -0.25) is 14.9 Å². The van der Waals surface area contributed by atoms with Crippen LogP contribution in [-0.4, -0.2) is 43.4 Å². The van der Waals surface area contributed by atoms with Crippen molar-refractivity contribution in [2.75, 3.05) is 19.5 Å². The summed E-state index contributed by atoms with van der Waals surface area (Å²) in [6.45, 7) is 5.42. The normalized spacial score (nSPS) is 16.9. The van der Waals surface area contributed by atoms with Crippen LogP contribution in [0.15, 0.2) is 39.4 Å². The van der Waals surface area contributed by atoms with Crippen LogP contribution in [0.3, 0.4) is 0 Å². The number of anilines is 1. The van der Waals surface area contributed by atoms with Crippen molar-refractivity contribution < 1.29 is 23.9 Å². The highest BCUT2D eigenvalue weighted by Gasteiger charge is 2.25. The number of hydrogen-bond acceptors (Lipinski definition) is 8. The molecule has 29 heavy (non-hydrogen) atoms. The molecule has 154 valence electrons. The number of carbonyl (C=O) groups excluding carboxylic acids is 3. The topological polar surface area (TPSA) is 118 Å². The molecular formula is C19H22N4O5S. The molecule has 0 spiro atoms. The minimum atomic E-state index is -0.638. The molecule has 0 unspecified atom stereocenters. The maximum absolute atomic E-state index is 12.3. The van der Waals surface area contributed by atoms with Crippen molar-refractivity contribution in [3.05, 3.63) is 34.7 Å². The first-order valence-electron chi connectivity index (χ1n) is 8.54. The number of hydrogen-bond donors (Lipinski definition) is 2. The van der Waals surface area contributed by atoms with Crippen LogP contribution in [0.25, 0.3) is 0 Å². The lowest BCUT2D eigenvalue weighted by Gasteiger charge is -2.19. The molecule has 1 aromatic carbocycles. The second-order valence-corrected chi connectivity index (χ2v) is 7.89. The molecule has 2 N–H and O–H groups in total. The van der Waals surface area contributed by atoms with Gasteiger partial charge >= 0.3 is 5.97 Å². The van der Waals surface area contributed by atoms with E-state index in [1.807, 2.05) is 20.8 Å². The number of ether oxygens (including phenoxy) is 2. The van der Waals surface area contributed by atoms with Crippen molar-refractivity contribution in [1.29, 1.82) is 0 Å². The number of esters is 1. The summed E-state index contributed by atoms with van der Waals surface area (Å²) in [6.07, 6.45) is 2.49. The molecule has 2 rings (SSSR count). The molecule has 1 aliphatic rings. The van der Waals surface area contributed by atoms with Gasteiger partial charge in [-0.15, -0.1) is 5.10 Å². The number of amides is 2. The van der Waals surface area contributed by atoms with Crippen LogP contribution in [0.1, 0.15) is 26.3 Å². The second kappa shape index (κ2) is 9.37. The fourth-order valence-electron chi connectivity index (χ4n) is 2.05. The van der Waals surface area contributed by atoms with E-state index in [1.165, 1.54) is 20.4 Å². The predicted octanol–water partition coefficient (Wildman–Crippen LogP) is 2.29. The lowest BCUT2D eigenvalue weighted by molar-refractivity contribution is -0.135. The molecule has 0 atom stereocenters. The van der Waals surface area contributed by atoms with Gasteiger partial charge in [0.1, 0.15) is 5.75 Å². The largest absolute Gasteiger partial charge is 0.496 e. The van der Waals surface area contributed by atoms with Gasteiger partial charge in [0.15, 0.2) is 5.17 Å². The first-order chi connectivity index (χ1) is 13.7. The Hall–Kier alpha value is -3.14. The summed E-state index contributed by atoms with van der Waals surface area (Å²) in [5, 5.41) is 13.5. The van der Waals surface area contributed by atoms with Crippen molar-refractivity contribution in [3.8, 4) is 5.75 Å². The van der Waals surface area contributed by atoms with E-state index in [2.05, 4.69) is 25.6 Å². The number of benzene rings is 1. The molecule has 0 aliphatic carbocycles. The first kappa shape index (κ1) is 22.2. The lowest BCUT2D eigenvalue weighted by atomic mass is 9.95. The Morgan fingerprint density at radius 1 is 1.24 bits per heavy atom. The SMILES string of the molecule is COC(=O)/C=C1/S/C(=N\N=Cc2c(NC(=O)C(C)(C)C)cccc2OC)NC1=O. The van der Waals surface area contributed by atoms with Crippen LogP contribution in [0.5, 0.6) is 5.75 Å². The number of nitrogens with one attached hydrogen (secondary N) is 2. The molecule has 0 bridgehead atoms. The summed E-state index contributed by atoms with van der Waals surface area (Å²) in [5.41, 5.74) is 0.462. The van der Waals surface area contributed by atoms with Gasteiger partial charge in [-0.25, -0.2) is 4.79 Å². The number of rotatable bonds is 5. The van der Waals surface area contributed by atoms with Crippen LogP contribution < -0.4 is 15.4 Å². The number of thioether (sulfide) groups is 1. The minimum absolute atomic E-state index is 0.154. The molecule has 1 fully saturated rings. The van der Waals surface area contributed by atoms with Crippen LogP contribution in [-0.2, 0) is 19.1 Å². The highest BCUT2D eigenvalue weighted by atomic mass is 32.2. The summed E-state index contributed by atoms with van der Waals surface area (Å²) in [4.78, 5) is 35.6. The number of carbonyl (C=O) groups is 3. The summed E-state index contributed by atoms with van der Waals surface area (Å²) in [6, 6.07) is 5.20. The van der Waals surface area contributed by atoms with Crippen LogP contribution in [0.2, 0.25) is 0 Å². The zero-order valence-corrected chi connectivity index (χ0v) is 17.5. The van der Waals surface area contributed by atoms with E-state index in [-0.39, 0.29) is 16.0 Å². The quantitative estimate of drug-likeness (QED) is 0.328. The molecule has 1 heterocycles. The van der Waals surface area contributed by atoms with E-state index in [0.29, 0.717) is 17.0 Å². The molecule has 1 aliphatic heterocycles. The van der Waals surface area contributed by atoms with Crippen molar-refractivity contribution in [2.24, 2.45) is 15.6 Å². The number of nitrogens with zero attached hydrogens (tertiary/aromatic N) is 2. The van der Waals surface area contributed by atoms with Crippen molar-refractivity contribution in [3.63, 3.8) is 0 Å². The molecule has 0 saturated carbocycles. The van der Waals surface area contributed by atoms with Gasteiger partial charge in [0, 0.05) is 11.5 Å². The minimum Gasteiger partial charge on any atom is -0.496 e. The summed E-state index contributed by atoms with van der Waals surface area (Å²) < 4.78 is 9.84. The standard InChI is InChI=1S/C19H22N4O5S/c1-19(2,3)17(26)21-12-7-6-8-13(27-4)11(12)10-20-23-18-22-16(25)14(29-18)9-15(24)28-5/h6-10H,1-5H3,(H,21,26)(H,22,23,25)/b14-9+,20-10?. The maximum atomic E-state index is 12.3. The lowest BCUT2D eigenvalue weighted by Crippen LogP contribution is -2.28. The molecule has 2 amide bonds. The average molecular weight is 418 g/mol. The zero-order chi connectivity index (χ0) is 21.6. The molecule has 1 aromatic rings. The third kappa shape index (κ3) is 5.92. The van der Waals surface area contributed by atoms with Crippen molar-refractivity contribution in [2.45, 2.75) is 20.8 Å². The highest BCUT2D eigenvalue weighted by Crippen LogP contribution is 2.27. The van der Waals surface area contributed by atoms with Gasteiger partial charge in [-0.05, 0) is 23.9 Å². The van der Waals surface area contributed by atoms with Gasteiger partial charge in [-0.2, -0.15) is 5.10 Å². The smallest absolute Gasteiger partial charge is 0.331 e. The fraction of sp³-hybridized carbons (Fsp3) is 0.316. The molecular weight excluding hydrogens is 396 g/mol. The van der Waals surface area contributed by atoms with Gasteiger partial charge in [0.25, 0.3) is 5.91 Å². The van der Waals surface area contributed by atoms with E-state index in [1.54, 1.807) is 18.2 Å². The molecule has 0 aromatic heterocycles. The summed E-state index contributed by atoms with van der Waals surface area (Å²) >= 11 is 0.961. The van der Waals surface area contributed by atoms with Gasteiger partial charge < -0.3 is 14.8 Å². The van der Waals surface area contributed by atoms with Gasteiger partial charge in [-0.1, -0.05) is 26.8 Å². The Bertz CT molecular complexity index is 916. The van der Waals surface area contributed by atoms with Crippen molar-refractivity contribution >= 4 is 46.6 Å². The Morgan fingerprint density at radius 3 is 2.59 bits per heavy atom. The van der Waals surface area contributed by atoms with Crippen LogP contribution >= 0.6 is 11.8 Å². The summed E-state index contributed by atoms with van der Waals surface area (Å²) in [5.74, 6) is -0.775. The van der Waals surface area contributed by atoms with Gasteiger partial charge in [0.2, 0.25) is 5.91 Å². The van der Waals surface area contributed by atoms with Crippen LogP contribution in [0.4, 0.5) is 5.69 Å². The van der Waals surface area contributed by atoms with E-state index in [4.69, 9.17) is 4.74 Å². The number of methoxy groups -OCH3 is 2. The van der Waals surface area contributed by atoms with Crippen molar-refractivity contribution in [1.82, 2.24) is 5.32 Å². The molecule has 0 radical (unpaired) electrons. The monoisotopic (exact) mass is 418 g/mol. The van der Waals surface area contributed by atoms with E-state index in [9.17, 15) is 14.4 Å². The van der Waals surface area contributed by atoms with Gasteiger partial charge in [0.05, 0.1) is 36.6 Å².